The highest BCUT2D eigenvalue weighted by Gasteiger charge is 2.34. The van der Waals surface area contributed by atoms with Gasteiger partial charge in [-0.15, -0.1) is 0 Å². The minimum absolute atomic E-state index is 0.0864. The molecule has 0 bridgehead atoms. The summed E-state index contributed by atoms with van der Waals surface area (Å²) in [5.41, 5.74) is 2.19. The number of nitrogens with two attached hydrogens (primary N) is 1. The van der Waals surface area contributed by atoms with Gasteiger partial charge in [-0.3, -0.25) is 5.43 Å². The number of nitrogen functional groups attached to an aromatic ring is 1. The van der Waals surface area contributed by atoms with Crippen molar-refractivity contribution >= 4 is 17.8 Å². The zero-order valence-corrected chi connectivity index (χ0v) is 12.2. The standard InChI is InChI=1S/C13H23N7O/c14-19-11-15-10(18-13(9-21)5-1-2-6-13)16-12(17-11)20-7-3-4-8-20/h21H,1-9,14H2,(H2,15,16,17,18,19). The number of nitrogens with one attached hydrogen (secondary N) is 2. The van der Waals surface area contributed by atoms with Crippen LogP contribution < -0.4 is 21.5 Å². The normalized spacial score (nSPS) is 20.8. The van der Waals surface area contributed by atoms with Crippen LogP contribution in [-0.4, -0.2) is 45.3 Å². The largest absolute Gasteiger partial charge is 0.394 e. The quantitative estimate of drug-likeness (QED) is 0.458. The molecule has 0 aromatic carbocycles. The predicted octanol–water partition coefficient (Wildman–Crippen LogP) is 0.474. The van der Waals surface area contributed by atoms with Crippen LogP contribution in [0.4, 0.5) is 17.8 Å². The van der Waals surface area contributed by atoms with Crippen LogP contribution >= 0.6 is 0 Å². The highest BCUT2D eigenvalue weighted by Crippen LogP contribution is 2.32. The van der Waals surface area contributed by atoms with Gasteiger partial charge in [0.25, 0.3) is 0 Å². The fourth-order valence-corrected chi connectivity index (χ4v) is 3.16. The number of hydrogen-bond acceptors (Lipinski definition) is 8. The molecular formula is C13H23N7O. The lowest BCUT2D eigenvalue weighted by molar-refractivity contribution is 0.213. The highest BCUT2D eigenvalue weighted by atomic mass is 16.3. The van der Waals surface area contributed by atoms with Crippen molar-refractivity contribution in [3.8, 4) is 0 Å². The number of aliphatic hydroxyl groups excluding tert-OH is 1. The van der Waals surface area contributed by atoms with Gasteiger partial charge in [0.05, 0.1) is 12.1 Å². The van der Waals surface area contributed by atoms with Crippen molar-refractivity contribution in [1.82, 2.24) is 15.0 Å². The van der Waals surface area contributed by atoms with Gasteiger partial charge in [0.2, 0.25) is 17.8 Å². The zero-order chi connectivity index (χ0) is 14.7. The minimum atomic E-state index is -0.310. The fourth-order valence-electron chi connectivity index (χ4n) is 3.16. The average molecular weight is 293 g/mol. The topological polar surface area (TPSA) is 112 Å². The van der Waals surface area contributed by atoms with E-state index >= 15 is 0 Å². The third-order valence-electron chi connectivity index (χ3n) is 4.38. The molecule has 1 aliphatic carbocycles. The Bertz CT molecular complexity index is 483. The summed E-state index contributed by atoms with van der Waals surface area (Å²) in [6.45, 7) is 2.00. The predicted molar refractivity (Wildman–Crippen MR) is 81.0 cm³/mol. The van der Waals surface area contributed by atoms with Gasteiger partial charge in [0, 0.05) is 13.1 Å². The van der Waals surface area contributed by atoms with E-state index in [9.17, 15) is 5.11 Å². The first-order chi connectivity index (χ1) is 10.2. The van der Waals surface area contributed by atoms with Crippen LogP contribution in [0.3, 0.4) is 0 Å². The van der Waals surface area contributed by atoms with Gasteiger partial charge in [0.15, 0.2) is 0 Å². The summed E-state index contributed by atoms with van der Waals surface area (Å²) in [4.78, 5) is 15.2. The molecule has 3 rings (SSSR count). The molecule has 2 fully saturated rings. The van der Waals surface area contributed by atoms with E-state index in [2.05, 4.69) is 30.6 Å². The molecule has 0 unspecified atom stereocenters. The number of hydrogen-bond donors (Lipinski definition) is 4. The molecule has 0 spiro atoms. The van der Waals surface area contributed by atoms with Gasteiger partial charge in [-0.2, -0.15) is 15.0 Å². The molecule has 0 radical (unpaired) electrons. The van der Waals surface area contributed by atoms with Crippen LogP contribution in [0.1, 0.15) is 38.5 Å². The van der Waals surface area contributed by atoms with E-state index in [1.807, 2.05) is 0 Å². The van der Waals surface area contributed by atoms with Gasteiger partial charge < -0.3 is 15.3 Å². The number of nitrogens with zero attached hydrogens (tertiary/aromatic N) is 4. The molecule has 5 N–H and O–H groups in total. The van der Waals surface area contributed by atoms with E-state index in [0.717, 1.165) is 51.6 Å². The van der Waals surface area contributed by atoms with E-state index in [4.69, 9.17) is 5.84 Å². The second-order valence-electron chi connectivity index (χ2n) is 5.89. The lowest BCUT2D eigenvalue weighted by Crippen LogP contribution is -2.40. The fraction of sp³-hybridized carbons (Fsp3) is 0.769. The number of hydrazine groups is 1. The van der Waals surface area contributed by atoms with Crippen LogP contribution in [0.25, 0.3) is 0 Å². The van der Waals surface area contributed by atoms with Gasteiger partial charge in [-0.25, -0.2) is 5.84 Å². The molecule has 21 heavy (non-hydrogen) atoms. The third kappa shape index (κ3) is 3.01. The molecular weight excluding hydrogens is 270 g/mol. The maximum absolute atomic E-state index is 9.70. The SMILES string of the molecule is NNc1nc(NC2(CO)CCCC2)nc(N2CCCC2)n1. The van der Waals surface area contributed by atoms with Crippen LogP contribution in [-0.2, 0) is 0 Å². The Morgan fingerprint density at radius 3 is 2.33 bits per heavy atom. The van der Waals surface area contributed by atoms with Crippen LogP contribution in [0.2, 0.25) is 0 Å². The molecule has 1 aromatic heterocycles. The third-order valence-corrected chi connectivity index (χ3v) is 4.38. The molecule has 8 nitrogen and oxygen atoms in total. The van der Waals surface area contributed by atoms with Gasteiger partial charge in [0.1, 0.15) is 0 Å². The highest BCUT2D eigenvalue weighted by molar-refractivity contribution is 5.45. The zero-order valence-electron chi connectivity index (χ0n) is 12.2. The Morgan fingerprint density at radius 2 is 1.71 bits per heavy atom. The summed E-state index contributed by atoms with van der Waals surface area (Å²) in [6.07, 6.45) is 6.39. The summed E-state index contributed by atoms with van der Waals surface area (Å²) in [5.74, 6) is 6.93. The number of anilines is 3. The maximum Gasteiger partial charge on any atom is 0.243 e. The Balaban J connectivity index is 1.84. The summed E-state index contributed by atoms with van der Waals surface area (Å²) < 4.78 is 0. The first kappa shape index (κ1) is 14.3. The molecule has 0 amide bonds. The van der Waals surface area contributed by atoms with Crippen molar-refractivity contribution in [2.45, 2.75) is 44.1 Å². The molecule has 0 atom stereocenters. The van der Waals surface area contributed by atoms with E-state index in [-0.39, 0.29) is 12.1 Å². The van der Waals surface area contributed by atoms with Crippen LogP contribution in [0.5, 0.6) is 0 Å². The van der Waals surface area contributed by atoms with Gasteiger partial charge >= 0.3 is 0 Å². The number of aliphatic hydroxyl groups is 1. The molecule has 2 aliphatic rings. The number of aromatic nitrogens is 3. The molecule has 1 aromatic rings. The smallest absolute Gasteiger partial charge is 0.243 e. The Labute approximate surface area is 124 Å². The lowest BCUT2D eigenvalue weighted by atomic mass is 9.99. The van der Waals surface area contributed by atoms with Crippen LogP contribution in [0, 0.1) is 0 Å². The van der Waals surface area contributed by atoms with E-state index in [0.29, 0.717) is 17.8 Å². The second kappa shape index (κ2) is 5.98. The second-order valence-corrected chi connectivity index (χ2v) is 5.89. The molecule has 1 saturated heterocycles. The van der Waals surface area contributed by atoms with E-state index < -0.39 is 0 Å². The Hall–Kier alpha value is -1.67. The van der Waals surface area contributed by atoms with Crippen molar-refractivity contribution in [1.29, 1.82) is 0 Å². The molecule has 2 heterocycles. The first-order valence-corrected chi connectivity index (χ1v) is 7.61. The van der Waals surface area contributed by atoms with E-state index in [1.54, 1.807) is 0 Å². The monoisotopic (exact) mass is 293 g/mol. The van der Waals surface area contributed by atoms with Crippen molar-refractivity contribution in [2.24, 2.45) is 5.84 Å². The molecule has 1 aliphatic heterocycles. The first-order valence-electron chi connectivity index (χ1n) is 7.61. The van der Waals surface area contributed by atoms with Crippen molar-refractivity contribution in [3.63, 3.8) is 0 Å². The molecule has 116 valence electrons. The van der Waals surface area contributed by atoms with Crippen LogP contribution in [0.15, 0.2) is 0 Å². The summed E-state index contributed by atoms with van der Waals surface area (Å²) >= 11 is 0. The Morgan fingerprint density at radius 1 is 1.05 bits per heavy atom. The van der Waals surface area contributed by atoms with Crippen molar-refractivity contribution < 1.29 is 5.11 Å². The number of rotatable bonds is 5. The molecule has 1 saturated carbocycles. The average Bonchev–Trinajstić information content (AvgIpc) is 3.19. The summed E-state index contributed by atoms with van der Waals surface area (Å²) in [6, 6.07) is 0. The lowest BCUT2D eigenvalue weighted by Gasteiger charge is -2.28. The van der Waals surface area contributed by atoms with Crippen molar-refractivity contribution in [3.05, 3.63) is 0 Å². The molecule has 8 heteroatoms. The van der Waals surface area contributed by atoms with E-state index in [1.165, 1.54) is 0 Å². The van der Waals surface area contributed by atoms with Gasteiger partial charge in [-0.1, -0.05) is 12.8 Å². The van der Waals surface area contributed by atoms with Gasteiger partial charge in [-0.05, 0) is 25.7 Å². The minimum Gasteiger partial charge on any atom is -0.394 e. The summed E-state index contributed by atoms with van der Waals surface area (Å²) in [5, 5.41) is 13.0. The maximum atomic E-state index is 9.70. The Kier molecular flexibility index (Phi) is 4.07. The van der Waals surface area contributed by atoms with Crippen molar-refractivity contribution in [2.75, 3.05) is 35.3 Å². The summed E-state index contributed by atoms with van der Waals surface area (Å²) in [7, 11) is 0.